The topological polar surface area (TPSA) is 29.1 Å². The number of allylic oxidation sites excluding steroid dienone is 2. The molecular formula is C12H19NOS. The summed E-state index contributed by atoms with van der Waals surface area (Å²) in [6.07, 6.45) is 9.99. The maximum absolute atomic E-state index is 11.8. The first-order chi connectivity index (χ1) is 7.31. The second-order valence-electron chi connectivity index (χ2n) is 4.52. The van der Waals surface area contributed by atoms with E-state index < -0.39 is 0 Å². The number of thioether (sulfide) groups is 1. The van der Waals surface area contributed by atoms with E-state index in [1.807, 2.05) is 11.8 Å². The molecule has 1 amide bonds. The number of hydrogen-bond donors (Lipinski definition) is 1. The minimum absolute atomic E-state index is 0.272. The van der Waals surface area contributed by atoms with E-state index in [1.54, 1.807) is 0 Å². The van der Waals surface area contributed by atoms with Crippen LogP contribution in [0.4, 0.5) is 0 Å². The van der Waals surface area contributed by atoms with Crippen LogP contribution in [0.25, 0.3) is 0 Å². The van der Waals surface area contributed by atoms with Gasteiger partial charge in [0.25, 0.3) is 0 Å². The quantitative estimate of drug-likeness (QED) is 0.573. The van der Waals surface area contributed by atoms with E-state index in [0.29, 0.717) is 11.8 Å². The van der Waals surface area contributed by atoms with Crippen molar-refractivity contribution >= 4 is 17.7 Å². The zero-order valence-corrected chi connectivity index (χ0v) is 10.1. The van der Waals surface area contributed by atoms with Crippen LogP contribution < -0.4 is 5.32 Å². The summed E-state index contributed by atoms with van der Waals surface area (Å²) in [6.45, 7) is 0.845. The van der Waals surface area contributed by atoms with Crippen LogP contribution >= 0.6 is 11.8 Å². The molecule has 1 saturated carbocycles. The lowest BCUT2D eigenvalue weighted by atomic mass is 9.93. The Labute approximate surface area is 95.9 Å². The van der Waals surface area contributed by atoms with Gasteiger partial charge in [-0.1, -0.05) is 12.2 Å². The summed E-state index contributed by atoms with van der Waals surface area (Å²) in [7, 11) is 0. The minimum Gasteiger partial charge on any atom is -0.356 e. The van der Waals surface area contributed by atoms with E-state index in [1.165, 1.54) is 6.42 Å². The van der Waals surface area contributed by atoms with Crippen molar-refractivity contribution in [3.8, 4) is 0 Å². The van der Waals surface area contributed by atoms with Crippen molar-refractivity contribution in [2.75, 3.05) is 18.6 Å². The molecule has 0 radical (unpaired) electrons. The van der Waals surface area contributed by atoms with Crippen LogP contribution in [0.15, 0.2) is 12.2 Å². The number of nitrogens with one attached hydrogen (secondary N) is 1. The first kappa shape index (κ1) is 11.1. The van der Waals surface area contributed by atoms with Crippen LogP contribution in [0.1, 0.15) is 19.3 Å². The second-order valence-corrected chi connectivity index (χ2v) is 5.51. The van der Waals surface area contributed by atoms with Crippen LogP contribution in [0, 0.1) is 17.8 Å². The summed E-state index contributed by atoms with van der Waals surface area (Å²) in [5, 5.41) is 3.06. The number of fused-ring (bicyclic) bond motifs is 2. The molecule has 0 aliphatic heterocycles. The van der Waals surface area contributed by atoms with Gasteiger partial charge >= 0.3 is 0 Å². The van der Waals surface area contributed by atoms with Gasteiger partial charge in [0.15, 0.2) is 0 Å². The number of rotatable bonds is 5. The molecule has 15 heavy (non-hydrogen) atoms. The molecule has 2 aliphatic carbocycles. The smallest absolute Gasteiger partial charge is 0.223 e. The lowest BCUT2D eigenvalue weighted by Crippen LogP contribution is -2.33. The Balaban J connectivity index is 1.70. The molecule has 1 fully saturated rings. The Morgan fingerprint density at radius 2 is 2.33 bits per heavy atom. The third-order valence-electron chi connectivity index (χ3n) is 3.44. The van der Waals surface area contributed by atoms with Crippen LogP contribution in [0.3, 0.4) is 0 Å². The van der Waals surface area contributed by atoms with E-state index in [0.717, 1.165) is 25.1 Å². The second kappa shape index (κ2) is 5.06. The van der Waals surface area contributed by atoms with Crippen molar-refractivity contribution < 1.29 is 4.79 Å². The van der Waals surface area contributed by atoms with Gasteiger partial charge in [-0.2, -0.15) is 11.8 Å². The molecule has 84 valence electrons. The Hall–Kier alpha value is -0.440. The molecule has 0 aromatic rings. The fraction of sp³-hybridized carbons (Fsp3) is 0.750. The summed E-state index contributed by atoms with van der Waals surface area (Å²) in [4.78, 5) is 11.8. The summed E-state index contributed by atoms with van der Waals surface area (Å²) in [5.74, 6) is 2.92. The van der Waals surface area contributed by atoms with E-state index in [4.69, 9.17) is 0 Å². The fourth-order valence-electron chi connectivity index (χ4n) is 2.64. The van der Waals surface area contributed by atoms with Gasteiger partial charge in [0.05, 0.1) is 0 Å². The molecular weight excluding hydrogens is 206 g/mol. The van der Waals surface area contributed by atoms with Crippen molar-refractivity contribution in [1.82, 2.24) is 5.32 Å². The molecule has 0 saturated heterocycles. The zero-order chi connectivity index (χ0) is 10.7. The third kappa shape index (κ3) is 2.57. The van der Waals surface area contributed by atoms with E-state index in [2.05, 4.69) is 23.7 Å². The number of amides is 1. The zero-order valence-electron chi connectivity index (χ0n) is 9.24. The van der Waals surface area contributed by atoms with E-state index in [-0.39, 0.29) is 11.8 Å². The van der Waals surface area contributed by atoms with Gasteiger partial charge < -0.3 is 5.32 Å². The monoisotopic (exact) mass is 225 g/mol. The molecule has 2 rings (SSSR count). The van der Waals surface area contributed by atoms with Crippen LogP contribution in [-0.4, -0.2) is 24.5 Å². The molecule has 0 spiro atoms. The number of carbonyl (C=O) groups excluding carboxylic acids is 1. The van der Waals surface area contributed by atoms with E-state index in [9.17, 15) is 4.79 Å². The van der Waals surface area contributed by atoms with Crippen molar-refractivity contribution in [2.24, 2.45) is 17.8 Å². The maximum atomic E-state index is 11.8. The molecule has 2 bridgehead atoms. The Morgan fingerprint density at radius 3 is 2.93 bits per heavy atom. The van der Waals surface area contributed by atoms with E-state index >= 15 is 0 Å². The molecule has 1 N–H and O–H groups in total. The number of hydrogen-bond acceptors (Lipinski definition) is 2. The lowest BCUT2D eigenvalue weighted by molar-refractivity contribution is -0.125. The first-order valence-electron chi connectivity index (χ1n) is 5.76. The molecule has 2 aliphatic rings. The highest BCUT2D eigenvalue weighted by atomic mass is 32.2. The average Bonchev–Trinajstić information content (AvgIpc) is 2.85. The molecule has 0 heterocycles. The van der Waals surface area contributed by atoms with Gasteiger partial charge in [-0.05, 0) is 43.1 Å². The van der Waals surface area contributed by atoms with Gasteiger partial charge in [-0.25, -0.2) is 0 Å². The highest BCUT2D eigenvalue weighted by Crippen LogP contribution is 2.43. The molecule has 2 nitrogen and oxygen atoms in total. The Bertz CT molecular complexity index is 264. The normalized spacial score (nSPS) is 32.2. The molecule has 0 aromatic carbocycles. The van der Waals surface area contributed by atoms with Crippen molar-refractivity contribution in [1.29, 1.82) is 0 Å². The highest BCUT2D eigenvalue weighted by molar-refractivity contribution is 7.98. The molecule has 3 atom stereocenters. The SMILES string of the molecule is CSCCCNC(=O)[C@H]1C[C@H]2C=C[C@H]1C2. The average molecular weight is 225 g/mol. The molecule has 0 aromatic heterocycles. The standard InChI is InChI=1S/C12H19NOS/c1-15-6-2-5-13-12(14)11-8-9-3-4-10(11)7-9/h3-4,9-11H,2,5-8H2,1H3,(H,13,14)/t9-,10-,11-/m0/s1. The van der Waals surface area contributed by atoms with Crippen LogP contribution in [0.5, 0.6) is 0 Å². The summed E-state index contributed by atoms with van der Waals surface area (Å²) < 4.78 is 0. The van der Waals surface area contributed by atoms with Crippen LogP contribution in [0.2, 0.25) is 0 Å². The largest absolute Gasteiger partial charge is 0.356 e. The predicted octanol–water partition coefficient (Wildman–Crippen LogP) is 2.07. The highest BCUT2D eigenvalue weighted by Gasteiger charge is 2.39. The lowest BCUT2D eigenvalue weighted by Gasteiger charge is -2.17. The maximum Gasteiger partial charge on any atom is 0.223 e. The summed E-state index contributed by atoms with van der Waals surface area (Å²) >= 11 is 1.84. The van der Waals surface area contributed by atoms with Gasteiger partial charge in [-0.3, -0.25) is 4.79 Å². The number of carbonyl (C=O) groups is 1. The summed E-state index contributed by atoms with van der Waals surface area (Å²) in [5.41, 5.74) is 0. The Kier molecular flexibility index (Phi) is 3.73. The minimum atomic E-state index is 0.272. The predicted molar refractivity (Wildman–Crippen MR) is 64.9 cm³/mol. The first-order valence-corrected chi connectivity index (χ1v) is 7.15. The van der Waals surface area contributed by atoms with Crippen LogP contribution in [-0.2, 0) is 4.79 Å². The van der Waals surface area contributed by atoms with Gasteiger partial charge in [0, 0.05) is 12.5 Å². The fourth-order valence-corrected chi connectivity index (χ4v) is 3.07. The van der Waals surface area contributed by atoms with Gasteiger partial charge in [0.2, 0.25) is 5.91 Å². The Morgan fingerprint density at radius 1 is 1.47 bits per heavy atom. The summed E-state index contributed by atoms with van der Waals surface area (Å²) in [6, 6.07) is 0. The van der Waals surface area contributed by atoms with Crippen molar-refractivity contribution in [2.45, 2.75) is 19.3 Å². The van der Waals surface area contributed by atoms with Gasteiger partial charge in [-0.15, -0.1) is 0 Å². The van der Waals surface area contributed by atoms with Crippen molar-refractivity contribution in [3.63, 3.8) is 0 Å². The third-order valence-corrected chi connectivity index (χ3v) is 4.14. The van der Waals surface area contributed by atoms with Crippen molar-refractivity contribution in [3.05, 3.63) is 12.2 Å². The molecule has 0 unspecified atom stereocenters. The molecule has 3 heteroatoms. The van der Waals surface area contributed by atoms with Gasteiger partial charge in [0.1, 0.15) is 0 Å².